The summed E-state index contributed by atoms with van der Waals surface area (Å²) in [6.07, 6.45) is 3.21. The van der Waals surface area contributed by atoms with E-state index in [1.807, 2.05) is 16.8 Å². The van der Waals surface area contributed by atoms with Gasteiger partial charge < -0.3 is 5.32 Å². The van der Waals surface area contributed by atoms with E-state index in [0.29, 0.717) is 0 Å². The maximum Gasteiger partial charge on any atom is 0.0799 e. The van der Waals surface area contributed by atoms with E-state index in [-0.39, 0.29) is 0 Å². The van der Waals surface area contributed by atoms with Crippen LogP contribution in [0, 0.1) is 0 Å². The van der Waals surface area contributed by atoms with Crippen LogP contribution in [0.4, 0.5) is 0 Å². The summed E-state index contributed by atoms with van der Waals surface area (Å²) < 4.78 is 3.04. The van der Waals surface area contributed by atoms with Crippen LogP contribution in [0.1, 0.15) is 11.3 Å². The number of nitrogens with one attached hydrogen (secondary N) is 1. The van der Waals surface area contributed by atoms with Gasteiger partial charge in [0.05, 0.1) is 11.4 Å². The lowest BCUT2D eigenvalue weighted by Gasteiger charge is -2.09. The van der Waals surface area contributed by atoms with Crippen molar-refractivity contribution in [1.29, 1.82) is 0 Å². The molecule has 0 saturated carbocycles. The summed E-state index contributed by atoms with van der Waals surface area (Å²) in [7, 11) is 0. The van der Waals surface area contributed by atoms with Gasteiger partial charge in [-0.1, -0.05) is 22.0 Å². The topological polar surface area (TPSA) is 29.9 Å². The first-order valence-electron chi connectivity index (χ1n) is 5.37. The van der Waals surface area contributed by atoms with Gasteiger partial charge in [-0.05, 0) is 36.7 Å². The van der Waals surface area contributed by atoms with Gasteiger partial charge in [0.1, 0.15) is 0 Å². The summed E-state index contributed by atoms with van der Waals surface area (Å²) in [5, 5.41) is 7.93. The van der Waals surface area contributed by atoms with E-state index in [9.17, 15) is 0 Å². The van der Waals surface area contributed by atoms with Gasteiger partial charge >= 0.3 is 0 Å². The largest absolute Gasteiger partial charge is 0.311 e. The van der Waals surface area contributed by atoms with Gasteiger partial charge in [0.2, 0.25) is 0 Å². The number of aromatic nitrogens is 2. The van der Waals surface area contributed by atoms with E-state index in [0.717, 1.165) is 29.7 Å². The Morgan fingerprint density at radius 2 is 2.31 bits per heavy atom. The monoisotopic (exact) mass is 277 g/mol. The zero-order chi connectivity index (χ0) is 11.0. The first-order chi connectivity index (χ1) is 7.83. The molecular weight excluding hydrogens is 266 g/mol. The number of nitrogens with zero attached hydrogens (tertiary/aromatic N) is 2. The fraction of sp³-hybridized carbons (Fsp3) is 0.250. The molecule has 0 aliphatic carbocycles. The summed E-state index contributed by atoms with van der Waals surface area (Å²) in [5.74, 6) is 0. The van der Waals surface area contributed by atoms with E-state index >= 15 is 0 Å². The van der Waals surface area contributed by atoms with Gasteiger partial charge in [-0.15, -0.1) is 0 Å². The zero-order valence-corrected chi connectivity index (χ0v) is 10.4. The standard InChI is InChI=1S/C12H12BrN3/c13-10-2-1-3-11(6-10)16-8-9-4-5-14-7-12(9)15-16/h1-3,6,8,14H,4-5,7H2. The van der Waals surface area contributed by atoms with Crippen LogP contribution in [0.2, 0.25) is 0 Å². The van der Waals surface area contributed by atoms with Gasteiger partial charge in [-0.25, -0.2) is 4.68 Å². The lowest BCUT2D eigenvalue weighted by molar-refractivity contribution is 0.629. The Morgan fingerprint density at radius 3 is 3.12 bits per heavy atom. The van der Waals surface area contributed by atoms with E-state index in [2.05, 4.69) is 44.7 Å². The van der Waals surface area contributed by atoms with Crippen LogP contribution in [0.25, 0.3) is 5.69 Å². The Bertz CT molecular complexity index is 495. The SMILES string of the molecule is Brc1cccc(-n2cc3c(n2)CNCC3)c1. The highest BCUT2D eigenvalue weighted by Crippen LogP contribution is 2.18. The summed E-state index contributed by atoms with van der Waals surface area (Å²) in [4.78, 5) is 0. The fourth-order valence-electron chi connectivity index (χ4n) is 1.98. The van der Waals surface area contributed by atoms with Crippen LogP contribution < -0.4 is 5.32 Å². The molecule has 0 amide bonds. The molecule has 3 nitrogen and oxygen atoms in total. The lowest BCUT2D eigenvalue weighted by Crippen LogP contribution is -2.22. The molecule has 1 N–H and O–H groups in total. The van der Waals surface area contributed by atoms with Crippen LogP contribution in [0.3, 0.4) is 0 Å². The van der Waals surface area contributed by atoms with Gasteiger partial charge in [0.15, 0.2) is 0 Å². The normalized spacial score (nSPS) is 14.8. The Labute approximate surface area is 103 Å². The number of fused-ring (bicyclic) bond motifs is 1. The fourth-order valence-corrected chi connectivity index (χ4v) is 2.37. The third-order valence-corrected chi connectivity index (χ3v) is 3.31. The second-order valence-corrected chi connectivity index (χ2v) is 4.87. The molecule has 1 aliphatic rings. The highest BCUT2D eigenvalue weighted by atomic mass is 79.9. The second kappa shape index (κ2) is 4.03. The average molecular weight is 278 g/mol. The van der Waals surface area contributed by atoms with Crippen LogP contribution in [0.15, 0.2) is 34.9 Å². The van der Waals surface area contributed by atoms with Gasteiger partial charge in [0, 0.05) is 17.2 Å². The van der Waals surface area contributed by atoms with Crippen molar-refractivity contribution in [1.82, 2.24) is 15.1 Å². The molecule has 0 atom stereocenters. The zero-order valence-electron chi connectivity index (χ0n) is 8.78. The first kappa shape index (κ1) is 10.1. The quantitative estimate of drug-likeness (QED) is 0.867. The molecule has 16 heavy (non-hydrogen) atoms. The molecule has 82 valence electrons. The van der Waals surface area contributed by atoms with Crippen molar-refractivity contribution in [3.05, 3.63) is 46.2 Å². The van der Waals surface area contributed by atoms with Crippen LogP contribution in [0.5, 0.6) is 0 Å². The number of hydrogen-bond acceptors (Lipinski definition) is 2. The highest BCUT2D eigenvalue weighted by molar-refractivity contribution is 9.10. The van der Waals surface area contributed by atoms with Crippen LogP contribution >= 0.6 is 15.9 Å². The molecule has 0 saturated heterocycles. The minimum atomic E-state index is 0.885. The average Bonchev–Trinajstić information content (AvgIpc) is 2.72. The molecule has 0 fully saturated rings. The predicted octanol–water partition coefficient (Wildman–Crippen LogP) is 2.28. The second-order valence-electron chi connectivity index (χ2n) is 3.95. The van der Waals surface area contributed by atoms with Crippen molar-refractivity contribution >= 4 is 15.9 Å². The molecule has 2 heterocycles. The van der Waals surface area contributed by atoms with Crippen molar-refractivity contribution in [3.63, 3.8) is 0 Å². The molecule has 1 aromatic heterocycles. The molecular formula is C12H12BrN3. The van der Waals surface area contributed by atoms with Crippen LogP contribution in [-0.2, 0) is 13.0 Å². The molecule has 1 aliphatic heterocycles. The Balaban J connectivity index is 2.03. The third kappa shape index (κ3) is 1.79. The minimum absolute atomic E-state index is 0.885. The predicted molar refractivity (Wildman–Crippen MR) is 66.7 cm³/mol. The van der Waals surface area contributed by atoms with E-state index in [4.69, 9.17) is 0 Å². The highest BCUT2D eigenvalue weighted by Gasteiger charge is 2.13. The minimum Gasteiger partial charge on any atom is -0.311 e. The lowest BCUT2D eigenvalue weighted by atomic mass is 10.1. The molecule has 0 unspecified atom stereocenters. The maximum absolute atomic E-state index is 4.60. The van der Waals surface area contributed by atoms with Gasteiger partial charge in [0.25, 0.3) is 0 Å². The number of benzene rings is 1. The molecule has 0 bridgehead atoms. The molecule has 1 aromatic carbocycles. The Morgan fingerprint density at radius 1 is 1.38 bits per heavy atom. The molecule has 2 aromatic rings. The summed E-state index contributed by atoms with van der Waals surface area (Å²) in [6.45, 7) is 1.94. The number of hydrogen-bond donors (Lipinski definition) is 1. The molecule has 4 heteroatoms. The Kier molecular flexibility index (Phi) is 2.53. The molecule has 0 spiro atoms. The van der Waals surface area contributed by atoms with Crippen molar-refractivity contribution in [2.45, 2.75) is 13.0 Å². The number of rotatable bonds is 1. The van der Waals surface area contributed by atoms with E-state index in [1.54, 1.807) is 0 Å². The first-order valence-corrected chi connectivity index (χ1v) is 6.16. The maximum atomic E-state index is 4.60. The van der Waals surface area contributed by atoms with Crippen molar-refractivity contribution in [2.24, 2.45) is 0 Å². The summed E-state index contributed by atoms with van der Waals surface area (Å²) >= 11 is 3.48. The van der Waals surface area contributed by atoms with E-state index in [1.165, 1.54) is 11.3 Å². The van der Waals surface area contributed by atoms with E-state index < -0.39 is 0 Å². The molecule has 3 rings (SSSR count). The van der Waals surface area contributed by atoms with Crippen molar-refractivity contribution in [2.75, 3.05) is 6.54 Å². The Hall–Kier alpha value is -1.13. The summed E-state index contributed by atoms with van der Waals surface area (Å²) in [6, 6.07) is 8.19. The third-order valence-electron chi connectivity index (χ3n) is 2.81. The smallest absolute Gasteiger partial charge is 0.0799 e. The van der Waals surface area contributed by atoms with Crippen LogP contribution in [-0.4, -0.2) is 16.3 Å². The van der Waals surface area contributed by atoms with Crippen molar-refractivity contribution in [3.8, 4) is 5.69 Å². The molecule has 0 radical (unpaired) electrons. The van der Waals surface area contributed by atoms with Crippen molar-refractivity contribution < 1.29 is 0 Å². The number of halogens is 1. The summed E-state index contributed by atoms with van der Waals surface area (Å²) in [5.41, 5.74) is 3.63. The van der Waals surface area contributed by atoms with Gasteiger partial charge in [-0.3, -0.25) is 0 Å². The van der Waals surface area contributed by atoms with Gasteiger partial charge in [-0.2, -0.15) is 5.10 Å².